The lowest BCUT2D eigenvalue weighted by Crippen LogP contribution is -2.31. The molecule has 0 saturated heterocycles. The second kappa shape index (κ2) is 9.40. The average Bonchev–Trinajstić information content (AvgIpc) is 2.86. The van der Waals surface area contributed by atoms with Crippen LogP contribution in [0.5, 0.6) is 0 Å². The van der Waals surface area contributed by atoms with Crippen LogP contribution in [0.15, 0.2) is 36.7 Å². The quantitative estimate of drug-likeness (QED) is 0.866. The van der Waals surface area contributed by atoms with Gasteiger partial charge in [-0.15, -0.1) is 35.0 Å². The molecule has 0 radical (unpaired) electrons. The Morgan fingerprint density at radius 1 is 1.32 bits per heavy atom. The van der Waals surface area contributed by atoms with Crippen LogP contribution >= 0.6 is 24.8 Å². The van der Waals surface area contributed by atoms with E-state index in [9.17, 15) is 4.79 Å². The highest BCUT2D eigenvalue weighted by atomic mass is 35.5. The summed E-state index contributed by atoms with van der Waals surface area (Å²) >= 11 is 0. The Labute approximate surface area is 142 Å². The van der Waals surface area contributed by atoms with Gasteiger partial charge in [0.2, 0.25) is 5.91 Å². The molecule has 0 fully saturated rings. The number of carbonyl (C=O) groups is 1. The van der Waals surface area contributed by atoms with Crippen LogP contribution in [0, 0.1) is 0 Å². The van der Waals surface area contributed by atoms with Crippen molar-refractivity contribution in [3.63, 3.8) is 0 Å². The smallest absolute Gasteiger partial charge is 0.222 e. The molecule has 8 heteroatoms. The van der Waals surface area contributed by atoms with E-state index in [1.165, 1.54) is 0 Å². The Morgan fingerprint density at radius 2 is 1.95 bits per heavy atom. The maximum atomic E-state index is 12.0. The molecule has 6 nitrogen and oxygen atoms in total. The van der Waals surface area contributed by atoms with Crippen molar-refractivity contribution in [2.24, 2.45) is 12.8 Å². The van der Waals surface area contributed by atoms with E-state index in [0.29, 0.717) is 5.82 Å². The zero-order valence-electron chi connectivity index (χ0n) is 12.5. The molecule has 2 rings (SSSR count). The van der Waals surface area contributed by atoms with Gasteiger partial charge in [-0.2, -0.15) is 0 Å². The topological polar surface area (TPSA) is 85.8 Å². The molecule has 0 aliphatic heterocycles. The third-order valence-corrected chi connectivity index (χ3v) is 3.14. The van der Waals surface area contributed by atoms with Crippen molar-refractivity contribution in [3.05, 3.63) is 48.0 Å². The van der Waals surface area contributed by atoms with Crippen LogP contribution in [0.1, 0.15) is 36.8 Å². The highest BCUT2D eigenvalue weighted by molar-refractivity contribution is 5.85. The van der Waals surface area contributed by atoms with Crippen molar-refractivity contribution in [3.8, 4) is 0 Å². The maximum absolute atomic E-state index is 12.0. The number of hydrogen-bond donors (Lipinski definition) is 2. The Morgan fingerprint density at radius 3 is 2.50 bits per heavy atom. The van der Waals surface area contributed by atoms with E-state index in [1.807, 2.05) is 44.3 Å². The molecule has 0 aliphatic rings. The fraction of sp³-hybridized carbons (Fsp3) is 0.357. The molecule has 1 aromatic carbocycles. The van der Waals surface area contributed by atoms with Crippen molar-refractivity contribution >= 4 is 30.7 Å². The first-order valence-electron chi connectivity index (χ1n) is 6.51. The molecule has 1 heterocycles. The third-order valence-electron chi connectivity index (χ3n) is 3.14. The summed E-state index contributed by atoms with van der Waals surface area (Å²) in [6.07, 6.45) is 1.85. The molecule has 122 valence electrons. The monoisotopic (exact) mass is 345 g/mol. The SMILES string of the molecule is CC(NC(=O)CC(N)c1ccccc1)c1nncn1C.Cl.Cl. The van der Waals surface area contributed by atoms with Gasteiger partial charge in [-0.25, -0.2) is 0 Å². The molecule has 0 aliphatic carbocycles. The third kappa shape index (κ3) is 5.29. The number of hydrogen-bond acceptors (Lipinski definition) is 4. The van der Waals surface area contributed by atoms with Gasteiger partial charge in [-0.1, -0.05) is 30.3 Å². The van der Waals surface area contributed by atoms with Gasteiger partial charge in [0.25, 0.3) is 0 Å². The van der Waals surface area contributed by atoms with E-state index >= 15 is 0 Å². The van der Waals surface area contributed by atoms with E-state index in [2.05, 4.69) is 15.5 Å². The molecule has 1 amide bonds. The standard InChI is InChI=1S/C14H19N5O.2ClH/c1-10(14-18-16-9-19(14)2)17-13(20)8-12(15)11-6-4-3-5-7-11;;/h3-7,9-10,12H,8,15H2,1-2H3,(H,17,20);2*1H. The number of halogens is 2. The molecule has 2 aromatic rings. The number of nitrogens with zero attached hydrogens (tertiary/aromatic N) is 3. The van der Waals surface area contributed by atoms with Gasteiger partial charge in [0.15, 0.2) is 5.82 Å². The zero-order valence-corrected chi connectivity index (χ0v) is 14.1. The second-order valence-corrected chi connectivity index (χ2v) is 4.81. The normalized spacial score (nSPS) is 12.5. The van der Waals surface area contributed by atoms with Gasteiger partial charge in [0.05, 0.1) is 6.04 Å². The molecule has 3 N–H and O–H groups in total. The summed E-state index contributed by atoms with van der Waals surface area (Å²) in [5, 5.41) is 10.7. The lowest BCUT2D eigenvalue weighted by atomic mass is 10.0. The van der Waals surface area contributed by atoms with Gasteiger partial charge >= 0.3 is 0 Å². The van der Waals surface area contributed by atoms with Crippen molar-refractivity contribution in [2.75, 3.05) is 0 Å². The summed E-state index contributed by atoms with van der Waals surface area (Å²) in [7, 11) is 1.84. The van der Waals surface area contributed by atoms with E-state index < -0.39 is 0 Å². The Bertz CT molecular complexity index is 576. The first kappa shape index (κ1) is 20.4. The molecule has 22 heavy (non-hydrogen) atoms. The van der Waals surface area contributed by atoms with E-state index in [0.717, 1.165) is 5.56 Å². The number of nitrogens with one attached hydrogen (secondary N) is 1. The van der Waals surface area contributed by atoms with E-state index in [4.69, 9.17) is 5.73 Å². The minimum absolute atomic E-state index is 0. The van der Waals surface area contributed by atoms with Gasteiger partial charge in [-0.3, -0.25) is 4.79 Å². The number of aromatic nitrogens is 3. The van der Waals surface area contributed by atoms with Crippen LogP contribution in [-0.4, -0.2) is 20.7 Å². The van der Waals surface area contributed by atoms with Crippen LogP contribution in [0.2, 0.25) is 0 Å². The Balaban J connectivity index is 0.00000220. The van der Waals surface area contributed by atoms with Crippen molar-refractivity contribution in [2.45, 2.75) is 25.4 Å². The van der Waals surface area contributed by atoms with Crippen LogP contribution < -0.4 is 11.1 Å². The number of nitrogens with two attached hydrogens (primary N) is 1. The molecular formula is C14H21Cl2N5O. The molecule has 0 bridgehead atoms. The van der Waals surface area contributed by atoms with Crippen LogP contribution in [0.25, 0.3) is 0 Å². The summed E-state index contributed by atoms with van der Waals surface area (Å²) in [5.41, 5.74) is 6.98. The zero-order chi connectivity index (χ0) is 14.5. The second-order valence-electron chi connectivity index (χ2n) is 4.81. The predicted octanol–water partition coefficient (Wildman–Crippen LogP) is 1.93. The highest BCUT2D eigenvalue weighted by Crippen LogP contribution is 2.14. The van der Waals surface area contributed by atoms with Gasteiger partial charge in [-0.05, 0) is 12.5 Å². The lowest BCUT2D eigenvalue weighted by molar-refractivity contribution is -0.122. The number of aryl methyl sites for hydroxylation is 1. The summed E-state index contributed by atoms with van der Waals surface area (Å²) < 4.78 is 1.78. The number of carbonyl (C=O) groups excluding carboxylic acids is 1. The molecular weight excluding hydrogens is 325 g/mol. The minimum Gasteiger partial charge on any atom is -0.346 e. The summed E-state index contributed by atoms with van der Waals surface area (Å²) in [6, 6.07) is 9.09. The van der Waals surface area contributed by atoms with Crippen LogP contribution in [0.4, 0.5) is 0 Å². The Kier molecular flexibility index (Phi) is 8.70. The van der Waals surface area contributed by atoms with Gasteiger partial charge < -0.3 is 15.6 Å². The summed E-state index contributed by atoms with van der Waals surface area (Å²) in [5.74, 6) is 0.614. The number of amides is 1. The minimum atomic E-state index is -0.303. The molecule has 2 unspecified atom stereocenters. The van der Waals surface area contributed by atoms with Crippen LogP contribution in [0.3, 0.4) is 0 Å². The Hall–Kier alpha value is -1.63. The van der Waals surface area contributed by atoms with E-state index in [-0.39, 0.29) is 49.2 Å². The first-order chi connectivity index (χ1) is 9.58. The average molecular weight is 346 g/mol. The van der Waals surface area contributed by atoms with Gasteiger partial charge in [0, 0.05) is 19.5 Å². The van der Waals surface area contributed by atoms with E-state index in [1.54, 1.807) is 10.9 Å². The molecule has 2 atom stereocenters. The predicted molar refractivity (Wildman–Crippen MR) is 90.0 cm³/mol. The fourth-order valence-electron chi connectivity index (χ4n) is 2.07. The molecule has 0 saturated carbocycles. The molecule has 0 spiro atoms. The van der Waals surface area contributed by atoms with Crippen LogP contribution in [-0.2, 0) is 11.8 Å². The van der Waals surface area contributed by atoms with Crippen molar-refractivity contribution < 1.29 is 4.79 Å². The fourth-order valence-corrected chi connectivity index (χ4v) is 2.07. The largest absolute Gasteiger partial charge is 0.346 e. The number of rotatable bonds is 5. The van der Waals surface area contributed by atoms with Crippen molar-refractivity contribution in [1.82, 2.24) is 20.1 Å². The lowest BCUT2D eigenvalue weighted by Gasteiger charge is -2.16. The van der Waals surface area contributed by atoms with Gasteiger partial charge in [0.1, 0.15) is 6.33 Å². The number of benzene rings is 1. The highest BCUT2D eigenvalue weighted by Gasteiger charge is 2.16. The van der Waals surface area contributed by atoms with Crippen molar-refractivity contribution in [1.29, 1.82) is 0 Å². The maximum Gasteiger partial charge on any atom is 0.222 e. The summed E-state index contributed by atoms with van der Waals surface area (Å²) in [6.45, 7) is 1.87. The summed E-state index contributed by atoms with van der Waals surface area (Å²) in [4.78, 5) is 12.0. The first-order valence-corrected chi connectivity index (χ1v) is 6.51. The molecule has 1 aromatic heterocycles.